The van der Waals surface area contributed by atoms with Crippen molar-refractivity contribution < 1.29 is 4.57 Å². The van der Waals surface area contributed by atoms with E-state index >= 15 is 0 Å². The molecule has 4 aromatic carbocycles. The van der Waals surface area contributed by atoms with Crippen LogP contribution in [-0.2, 0) is 4.57 Å². The summed E-state index contributed by atoms with van der Waals surface area (Å²) in [4.78, 5) is 10.0. The van der Waals surface area contributed by atoms with Gasteiger partial charge in [-0.2, -0.15) is 0 Å². The maximum absolute atomic E-state index is 14.9. The lowest BCUT2D eigenvalue weighted by Crippen LogP contribution is -2.27. The molecule has 0 aliphatic heterocycles. The molecule has 4 nitrogen and oxygen atoms in total. The molecule has 0 N–H and O–H groups in total. The maximum atomic E-state index is 14.9. The van der Waals surface area contributed by atoms with Crippen LogP contribution in [0.5, 0.6) is 0 Å². The van der Waals surface area contributed by atoms with E-state index in [-0.39, 0.29) is 0 Å². The Morgan fingerprint density at radius 3 is 1.54 bits per heavy atom. The van der Waals surface area contributed by atoms with E-state index in [1.807, 2.05) is 97.1 Å². The molecule has 0 saturated carbocycles. The second-order valence-corrected chi connectivity index (χ2v) is 12.1. The van der Waals surface area contributed by atoms with Crippen molar-refractivity contribution in [3.8, 4) is 17.2 Å². The molecule has 39 heavy (non-hydrogen) atoms. The van der Waals surface area contributed by atoms with Gasteiger partial charge in [-0.15, -0.1) is 0 Å². The van der Waals surface area contributed by atoms with Gasteiger partial charge in [-0.05, 0) is 36.4 Å². The van der Waals surface area contributed by atoms with Gasteiger partial charge >= 0.3 is 0 Å². The molecule has 3 aromatic heterocycles. The van der Waals surface area contributed by atoms with Gasteiger partial charge in [0, 0.05) is 21.4 Å². The molecule has 0 atom stereocenters. The SMILES string of the molecule is O=P(c1ccccc1)(c1ccccc1)c1cccc(-c2cccc(-n3c4ccccc4c4ccccc43)n2)n1. The fourth-order valence-corrected chi connectivity index (χ4v) is 7.85. The minimum Gasteiger partial charge on any atom is -0.307 e. The van der Waals surface area contributed by atoms with Gasteiger partial charge in [0.05, 0.1) is 22.4 Å². The average Bonchev–Trinajstić information content (AvgIpc) is 3.36. The Bertz CT molecular complexity index is 1900. The van der Waals surface area contributed by atoms with Crippen molar-refractivity contribution in [3.63, 3.8) is 0 Å². The van der Waals surface area contributed by atoms with E-state index in [4.69, 9.17) is 9.97 Å². The number of rotatable bonds is 5. The monoisotopic (exact) mass is 521 g/mol. The molecular formula is C34H24N3OP. The summed E-state index contributed by atoms with van der Waals surface area (Å²) < 4.78 is 17.1. The standard InChI is InChI=1S/C34H24N3OP/c38-39(25-13-3-1-4-14-25,26-15-5-2-6-16-26)34-24-12-20-30(36-34)29-19-11-23-33(35-29)37-31-21-9-7-17-27(31)28-18-8-10-22-32(28)37/h1-24H. The van der Waals surface area contributed by atoms with Gasteiger partial charge in [-0.3, -0.25) is 4.57 Å². The maximum Gasteiger partial charge on any atom is 0.188 e. The van der Waals surface area contributed by atoms with E-state index in [0.717, 1.165) is 33.2 Å². The molecule has 0 fully saturated rings. The van der Waals surface area contributed by atoms with Crippen LogP contribution in [-0.4, -0.2) is 14.5 Å². The molecule has 3 heterocycles. The molecule has 0 aliphatic rings. The fourth-order valence-electron chi connectivity index (χ4n) is 5.29. The summed E-state index contributed by atoms with van der Waals surface area (Å²) in [7, 11) is -3.19. The first kappa shape index (κ1) is 23.3. The molecule has 0 bridgehead atoms. The van der Waals surface area contributed by atoms with Crippen LogP contribution in [0.4, 0.5) is 0 Å². The van der Waals surface area contributed by atoms with Crippen molar-refractivity contribution in [2.24, 2.45) is 0 Å². The molecule has 5 heteroatoms. The molecule has 7 rings (SSSR count). The fraction of sp³-hybridized carbons (Fsp3) is 0. The molecule has 0 unspecified atom stereocenters. The van der Waals surface area contributed by atoms with Crippen LogP contribution in [0.1, 0.15) is 0 Å². The van der Waals surface area contributed by atoms with E-state index in [0.29, 0.717) is 11.1 Å². The van der Waals surface area contributed by atoms with Crippen molar-refractivity contribution in [2.45, 2.75) is 0 Å². The zero-order valence-corrected chi connectivity index (χ0v) is 21.9. The number of nitrogens with zero attached hydrogens (tertiary/aromatic N) is 3. The van der Waals surface area contributed by atoms with Crippen molar-refractivity contribution in [1.82, 2.24) is 14.5 Å². The minimum absolute atomic E-state index is 0.543. The summed E-state index contributed by atoms with van der Waals surface area (Å²) in [5.74, 6) is 0.811. The summed E-state index contributed by atoms with van der Waals surface area (Å²) in [5, 5.41) is 3.89. The number of aromatic nitrogens is 3. The number of hydrogen-bond acceptors (Lipinski definition) is 3. The lowest BCUT2D eigenvalue weighted by molar-refractivity contribution is 0.592. The van der Waals surface area contributed by atoms with E-state index in [2.05, 4.69) is 53.1 Å². The summed E-state index contributed by atoms with van der Waals surface area (Å²) in [6.45, 7) is 0. The normalized spacial score (nSPS) is 11.7. The van der Waals surface area contributed by atoms with Crippen molar-refractivity contribution in [1.29, 1.82) is 0 Å². The number of fused-ring (bicyclic) bond motifs is 3. The molecule has 186 valence electrons. The Morgan fingerprint density at radius 2 is 0.949 bits per heavy atom. The first-order valence-corrected chi connectivity index (χ1v) is 14.6. The van der Waals surface area contributed by atoms with Crippen LogP contribution < -0.4 is 16.0 Å². The summed E-state index contributed by atoms with van der Waals surface area (Å²) in [6.07, 6.45) is 0. The van der Waals surface area contributed by atoms with Gasteiger partial charge in [0.2, 0.25) is 0 Å². The third-order valence-corrected chi connectivity index (χ3v) is 10.0. The number of benzene rings is 4. The molecule has 0 amide bonds. The topological polar surface area (TPSA) is 47.8 Å². The van der Waals surface area contributed by atoms with Crippen LogP contribution in [0.2, 0.25) is 0 Å². The van der Waals surface area contributed by atoms with Crippen molar-refractivity contribution in [3.05, 3.63) is 146 Å². The van der Waals surface area contributed by atoms with Gasteiger partial charge in [0.15, 0.2) is 7.14 Å². The highest BCUT2D eigenvalue weighted by Crippen LogP contribution is 2.42. The predicted octanol–water partition coefficient (Wildman–Crippen LogP) is 6.88. The second kappa shape index (κ2) is 9.50. The van der Waals surface area contributed by atoms with Gasteiger partial charge in [-0.1, -0.05) is 109 Å². The van der Waals surface area contributed by atoms with Crippen molar-refractivity contribution >= 4 is 45.0 Å². The van der Waals surface area contributed by atoms with Crippen LogP contribution in [0, 0.1) is 0 Å². The third-order valence-electron chi connectivity index (χ3n) is 7.10. The predicted molar refractivity (Wildman–Crippen MR) is 161 cm³/mol. The largest absolute Gasteiger partial charge is 0.307 e. The summed E-state index contributed by atoms with van der Waals surface area (Å²) in [6, 6.07) is 47.7. The zero-order chi connectivity index (χ0) is 26.2. The smallest absolute Gasteiger partial charge is 0.188 e. The number of hydrogen-bond donors (Lipinski definition) is 0. The van der Waals surface area contributed by atoms with Crippen LogP contribution >= 0.6 is 7.14 Å². The van der Waals surface area contributed by atoms with Crippen LogP contribution in [0.3, 0.4) is 0 Å². The Balaban J connectivity index is 1.39. The lowest BCUT2D eigenvalue weighted by Gasteiger charge is -2.19. The van der Waals surface area contributed by atoms with E-state index in [1.54, 1.807) is 0 Å². The number of pyridine rings is 2. The lowest BCUT2D eigenvalue weighted by atomic mass is 10.2. The van der Waals surface area contributed by atoms with Crippen LogP contribution in [0.25, 0.3) is 39.0 Å². The first-order chi connectivity index (χ1) is 19.2. The first-order valence-electron chi connectivity index (χ1n) is 12.9. The molecule has 0 saturated heterocycles. The Morgan fingerprint density at radius 1 is 0.462 bits per heavy atom. The Hall–Kier alpha value is -4.79. The Kier molecular flexibility index (Phi) is 5.69. The molecule has 7 aromatic rings. The van der Waals surface area contributed by atoms with Gasteiger partial charge in [0.25, 0.3) is 0 Å². The molecule has 0 aliphatic carbocycles. The third kappa shape index (κ3) is 3.89. The quantitative estimate of drug-likeness (QED) is 0.232. The highest BCUT2D eigenvalue weighted by molar-refractivity contribution is 7.85. The minimum atomic E-state index is -3.19. The van der Waals surface area contributed by atoms with Gasteiger partial charge in [-0.25, -0.2) is 9.97 Å². The Labute approximate surface area is 226 Å². The average molecular weight is 522 g/mol. The zero-order valence-electron chi connectivity index (χ0n) is 21.1. The number of para-hydroxylation sites is 2. The van der Waals surface area contributed by atoms with Gasteiger partial charge in [0.1, 0.15) is 11.3 Å². The highest BCUT2D eigenvalue weighted by atomic mass is 31.2. The summed E-state index contributed by atoms with van der Waals surface area (Å²) >= 11 is 0. The highest BCUT2D eigenvalue weighted by Gasteiger charge is 2.31. The van der Waals surface area contributed by atoms with E-state index in [9.17, 15) is 4.57 Å². The molecule has 0 radical (unpaired) electrons. The van der Waals surface area contributed by atoms with Crippen molar-refractivity contribution in [2.75, 3.05) is 0 Å². The van der Waals surface area contributed by atoms with Gasteiger partial charge < -0.3 is 4.57 Å². The van der Waals surface area contributed by atoms with E-state index < -0.39 is 7.14 Å². The second-order valence-electron chi connectivity index (χ2n) is 9.41. The van der Waals surface area contributed by atoms with Crippen LogP contribution in [0.15, 0.2) is 146 Å². The molecule has 0 spiro atoms. The summed E-state index contributed by atoms with van der Waals surface area (Å²) in [5.41, 5.74) is 4.15. The van der Waals surface area contributed by atoms with E-state index in [1.165, 1.54) is 10.8 Å². The molecular weight excluding hydrogens is 497 g/mol.